The number of hydrogen-bond acceptors (Lipinski definition) is 7. The van der Waals surface area contributed by atoms with Gasteiger partial charge in [-0.1, -0.05) is 30.3 Å². The second-order valence-corrected chi connectivity index (χ2v) is 6.68. The fraction of sp³-hybridized carbons (Fsp3) is 0.200. The lowest BCUT2D eigenvalue weighted by Crippen LogP contribution is -2.19. The minimum absolute atomic E-state index is 0.299. The molecule has 0 aliphatic carbocycles. The van der Waals surface area contributed by atoms with Crippen molar-refractivity contribution in [2.75, 3.05) is 27.4 Å². The third-order valence-corrected chi connectivity index (χ3v) is 4.50. The Kier molecular flexibility index (Phi) is 8.09. The highest BCUT2D eigenvalue weighted by atomic mass is 16.6. The monoisotopic (exact) mass is 436 g/mol. The van der Waals surface area contributed by atoms with E-state index in [-0.39, 0.29) is 6.61 Å². The van der Waals surface area contributed by atoms with Gasteiger partial charge in [-0.25, -0.2) is 4.79 Å². The first-order valence-corrected chi connectivity index (χ1v) is 9.89. The van der Waals surface area contributed by atoms with Gasteiger partial charge in [0.2, 0.25) is 5.78 Å². The number of Topliss-reactive ketones (excluding diaryl/α,β-unsaturated/α-hetero) is 1. The third kappa shape index (κ3) is 6.50. The second kappa shape index (κ2) is 11.4. The number of carbonyl (C=O) groups is 2. The molecule has 0 atom stereocenters. The van der Waals surface area contributed by atoms with E-state index in [0.29, 0.717) is 35.2 Å². The average molecular weight is 436 g/mol. The first kappa shape index (κ1) is 22.7. The smallest absolute Gasteiger partial charge is 0.344 e. The molecule has 32 heavy (non-hydrogen) atoms. The number of hydrogen-bond donors (Lipinski definition) is 0. The lowest BCUT2D eigenvalue weighted by Gasteiger charge is -2.11. The van der Waals surface area contributed by atoms with Crippen LogP contribution in [0.25, 0.3) is 0 Å². The van der Waals surface area contributed by atoms with E-state index in [1.54, 1.807) is 42.5 Å². The number of rotatable bonds is 11. The zero-order chi connectivity index (χ0) is 22.8. The fourth-order valence-corrected chi connectivity index (χ4v) is 2.81. The molecule has 7 nitrogen and oxygen atoms in total. The van der Waals surface area contributed by atoms with E-state index in [2.05, 4.69) is 0 Å². The molecule has 3 aromatic carbocycles. The molecule has 0 heterocycles. The zero-order valence-electron chi connectivity index (χ0n) is 17.9. The van der Waals surface area contributed by atoms with Crippen LogP contribution in [0.1, 0.15) is 15.9 Å². The van der Waals surface area contributed by atoms with Gasteiger partial charge in [-0.15, -0.1) is 0 Å². The van der Waals surface area contributed by atoms with Crippen molar-refractivity contribution in [3.05, 3.63) is 83.9 Å². The molecule has 0 aliphatic heterocycles. The maximum Gasteiger partial charge on any atom is 0.344 e. The number of benzene rings is 3. The van der Waals surface area contributed by atoms with E-state index in [0.717, 1.165) is 5.56 Å². The van der Waals surface area contributed by atoms with Crippen LogP contribution >= 0.6 is 0 Å². The SMILES string of the molecule is COc1ccc(C(=O)COC(=O)COc2ccc(OCc3ccccc3)cc2)c(OC)c1. The Hall–Kier alpha value is -4.00. The molecule has 0 fully saturated rings. The largest absolute Gasteiger partial charge is 0.497 e. The molecule has 0 unspecified atom stereocenters. The zero-order valence-corrected chi connectivity index (χ0v) is 17.9. The molecule has 0 aromatic heterocycles. The summed E-state index contributed by atoms with van der Waals surface area (Å²) >= 11 is 0. The maximum atomic E-state index is 12.4. The predicted molar refractivity (Wildman–Crippen MR) is 118 cm³/mol. The van der Waals surface area contributed by atoms with Crippen molar-refractivity contribution >= 4 is 11.8 Å². The standard InChI is InChI=1S/C25H24O7/c1-28-21-12-13-22(24(14-21)29-2)23(26)16-32-25(27)17-31-20-10-8-19(9-11-20)30-15-18-6-4-3-5-7-18/h3-14H,15-17H2,1-2H3. The van der Waals surface area contributed by atoms with Crippen LogP contribution in [0.2, 0.25) is 0 Å². The van der Waals surface area contributed by atoms with E-state index >= 15 is 0 Å². The summed E-state index contributed by atoms with van der Waals surface area (Å²) in [5.41, 5.74) is 1.37. The number of carbonyl (C=O) groups excluding carboxylic acids is 2. The molecule has 7 heteroatoms. The average Bonchev–Trinajstić information content (AvgIpc) is 2.85. The highest BCUT2D eigenvalue weighted by Gasteiger charge is 2.16. The van der Waals surface area contributed by atoms with Gasteiger partial charge >= 0.3 is 5.97 Å². The van der Waals surface area contributed by atoms with Gasteiger partial charge in [-0.05, 0) is 42.0 Å². The molecule has 0 saturated carbocycles. The summed E-state index contributed by atoms with van der Waals surface area (Å²) in [6, 6.07) is 21.5. The van der Waals surface area contributed by atoms with Crippen molar-refractivity contribution in [1.82, 2.24) is 0 Å². The summed E-state index contributed by atoms with van der Waals surface area (Å²) < 4.78 is 26.4. The van der Waals surface area contributed by atoms with Gasteiger partial charge in [0.1, 0.15) is 29.6 Å². The Morgan fingerprint density at radius 2 is 1.38 bits per heavy atom. The quantitative estimate of drug-likeness (QED) is 0.331. The molecule has 0 saturated heterocycles. The number of esters is 1. The highest BCUT2D eigenvalue weighted by molar-refractivity contribution is 6.00. The van der Waals surface area contributed by atoms with Crippen LogP contribution in [0.15, 0.2) is 72.8 Å². The molecule has 3 aromatic rings. The van der Waals surface area contributed by atoms with E-state index in [1.807, 2.05) is 30.3 Å². The minimum Gasteiger partial charge on any atom is -0.497 e. The van der Waals surface area contributed by atoms with E-state index in [1.165, 1.54) is 14.2 Å². The van der Waals surface area contributed by atoms with E-state index in [4.69, 9.17) is 23.7 Å². The number of ether oxygens (including phenoxy) is 5. The Bertz CT molecular complexity index is 1030. The summed E-state index contributed by atoms with van der Waals surface area (Å²) in [6.45, 7) is -0.283. The summed E-state index contributed by atoms with van der Waals surface area (Å²) in [6.07, 6.45) is 0. The Balaban J connectivity index is 1.43. The van der Waals surface area contributed by atoms with Crippen molar-refractivity contribution in [3.8, 4) is 23.0 Å². The first-order valence-electron chi connectivity index (χ1n) is 9.89. The summed E-state index contributed by atoms with van der Waals surface area (Å²) in [4.78, 5) is 24.3. The number of ketones is 1. The topological polar surface area (TPSA) is 80.3 Å². The second-order valence-electron chi connectivity index (χ2n) is 6.68. The van der Waals surface area contributed by atoms with Crippen molar-refractivity contribution < 1.29 is 33.3 Å². The van der Waals surface area contributed by atoms with Crippen molar-refractivity contribution in [3.63, 3.8) is 0 Å². The molecule has 3 rings (SSSR count). The fourth-order valence-electron chi connectivity index (χ4n) is 2.81. The highest BCUT2D eigenvalue weighted by Crippen LogP contribution is 2.25. The van der Waals surface area contributed by atoms with Crippen LogP contribution in [0, 0.1) is 0 Å². The molecule has 0 N–H and O–H groups in total. The van der Waals surface area contributed by atoms with E-state index < -0.39 is 18.4 Å². The lowest BCUT2D eigenvalue weighted by atomic mass is 10.1. The predicted octanol–water partition coefficient (Wildman–Crippen LogP) is 4.09. The van der Waals surface area contributed by atoms with Gasteiger partial charge in [-0.2, -0.15) is 0 Å². The number of methoxy groups -OCH3 is 2. The summed E-state index contributed by atoms with van der Waals surface area (Å²) in [7, 11) is 2.97. The summed E-state index contributed by atoms with van der Waals surface area (Å²) in [5.74, 6) is 1.02. The first-order chi connectivity index (χ1) is 15.6. The third-order valence-electron chi connectivity index (χ3n) is 4.50. The van der Waals surface area contributed by atoms with E-state index in [9.17, 15) is 9.59 Å². The van der Waals surface area contributed by atoms with Crippen molar-refractivity contribution in [2.45, 2.75) is 6.61 Å². The minimum atomic E-state index is -0.657. The van der Waals surface area contributed by atoms with Gasteiger partial charge in [-0.3, -0.25) is 4.79 Å². The summed E-state index contributed by atoms with van der Waals surface area (Å²) in [5, 5.41) is 0. The molecule has 0 bridgehead atoms. The Morgan fingerprint density at radius 3 is 2.03 bits per heavy atom. The van der Waals surface area contributed by atoms with Crippen LogP contribution in [-0.2, 0) is 16.1 Å². The van der Waals surface area contributed by atoms with Gasteiger partial charge in [0.25, 0.3) is 0 Å². The Morgan fingerprint density at radius 1 is 0.719 bits per heavy atom. The molecule has 0 spiro atoms. The van der Waals surface area contributed by atoms with Crippen LogP contribution in [0.4, 0.5) is 0 Å². The molecular formula is C25H24O7. The molecule has 0 aliphatic rings. The van der Waals surface area contributed by atoms with Crippen LogP contribution in [-0.4, -0.2) is 39.2 Å². The van der Waals surface area contributed by atoms with Crippen LogP contribution in [0.5, 0.6) is 23.0 Å². The van der Waals surface area contributed by atoms with Crippen molar-refractivity contribution in [2.24, 2.45) is 0 Å². The molecular weight excluding hydrogens is 412 g/mol. The normalized spacial score (nSPS) is 10.2. The van der Waals surface area contributed by atoms with Gasteiger partial charge in [0.15, 0.2) is 13.2 Å². The van der Waals surface area contributed by atoms with Crippen LogP contribution < -0.4 is 18.9 Å². The molecule has 166 valence electrons. The van der Waals surface area contributed by atoms with Crippen molar-refractivity contribution in [1.29, 1.82) is 0 Å². The van der Waals surface area contributed by atoms with Gasteiger partial charge in [0, 0.05) is 6.07 Å². The maximum absolute atomic E-state index is 12.4. The van der Waals surface area contributed by atoms with Crippen LogP contribution in [0.3, 0.4) is 0 Å². The molecule has 0 radical (unpaired) electrons. The van der Waals surface area contributed by atoms with Gasteiger partial charge in [0.05, 0.1) is 19.8 Å². The lowest BCUT2D eigenvalue weighted by molar-refractivity contribution is -0.144. The van der Waals surface area contributed by atoms with Gasteiger partial charge < -0.3 is 23.7 Å². The molecule has 0 amide bonds. The Labute approximate surface area is 186 Å².